The van der Waals surface area contributed by atoms with Crippen LogP contribution in [0.1, 0.15) is 10.4 Å². The molecule has 0 spiro atoms. The van der Waals surface area contributed by atoms with Crippen LogP contribution < -0.4 is 4.74 Å². The van der Waals surface area contributed by atoms with Crippen LogP contribution in [0.4, 0.5) is 0 Å². The number of phenols is 1. The number of hydrogen-bond donors (Lipinski definition) is 2. The summed E-state index contributed by atoms with van der Waals surface area (Å²) in [5.41, 5.74) is 1.77. The zero-order valence-electron chi connectivity index (χ0n) is 8.60. The second-order valence-electron chi connectivity index (χ2n) is 3.22. The number of carbonyl (C=O) groups excluding carboxylic acids is 1. The topological polar surface area (TPSA) is 75.2 Å². The van der Waals surface area contributed by atoms with E-state index in [9.17, 15) is 9.90 Å². The number of aromatic amines is 1. The van der Waals surface area contributed by atoms with Crippen LogP contribution in [0.15, 0.2) is 24.5 Å². The predicted octanol–water partition coefficient (Wildman–Crippen LogP) is 1.60. The van der Waals surface area contributed by atoms with E-state index in [4.69, 9.17) is 4.74 Å². The lowest BCUT2D eigenvalue weighted by Gasteiger charge is -2.07. The number of nitrogens with one attached hydrogen (secondary N) is 1. The van der Waals surface area contributed by atoms with E-state index in [0.29, 0.717) is 6.29 Å². The molecule has 0 fully saturated rings. The quantitative estimate of drug-likeness (QED) is 0.767. The van der Waals surface area contributed by atoms with Gasteiger partial charge in [0.25, 0.3) is 0 Å². The minimum atomic E-state index is -0.148. The van der Waals surface area contributed by atoms with E-state index >= 15 is 0 Å². The summed E-state index contributed by atoms with van der Waals surface area (Å²) in [7, 11) is 1.43. The molecule has 2 rings (SSSR count). The van der Waals surface area contributed by atoms with Crippen molar-refractivity contribution in [2.75, 3.05) is 7.11 Å². The van der Waals surface area contributed by atoms with Crippen molar-refractivity contribution in [2.45, 2.75) is 0 Å². The van der Waals surface area contributed by atoms with Crippen LogP contribution in [-0.4, -0.2) is 28.7 Å². The van der Waals surface area contributed by atoms with E-state index in [1.165, 1.54) is 7.11 Å². The molecule has 16 heavy (non-hydrogen) atoms. The molecule has 0 amide bonds. The van der Waals surface area contributed by atoms with Crippen LogP contribution >= 0.6 is 0 Å². The second kappa shape index (κ2) is 4.06. The van der Waals surface area contributed by atoms with Crippen LogP contribution in [-0.2, 0) is 0 Å². The van der Waals surface area contributed by atoms with Crippen LogP contribution in [0.25, 0.3) is 11.1 Å². The monoisotopic (exact) mass is 218 g/mol. The van der Waals surface area contributed by atoms with Crippen molar-refractivity contribution in [3.05, 3.63) is 30.1 Å². The summed E-state index contributed by atoms with van der Waals surface area (Å²) in [6, 6.07) is 3.23. The molecule has 0 atom stereocenters. The zero-order valence-corrected chi connectivity index (χ0v) is 8.60. The lowest BCUT2D eigenvalue weighted by Crippen LogP contribution is -1.90. The Balaban J connectivity index is 2.60. The lowest BCUT2D eigenvalue weighted by atomic mass is 10.1. The molecule has 0 saturated carbocycles. The number of ether oxygens (including phenoxy) is 1. The smallest absolute Gasteiger partial charge is 0.168 e. The molecule has 0 radical (unpaired) electrons. The Kier molecular flexibility index (Phi) is 2.59. The molecular weight excluding hydrogens is 208 g/mol. The SMILES string of the molecule is COc1cc(-c2cn[nH]c2)cc(C=O)c1O. The van der Waals surface area contributed by atoms with Crippen molar-refractivity contribution < 1.29 is 14.6 Å². The molecule has 0 aliphatic carbocycles. The summed E-state index contributed by atoms with van der Waals surface area (Å²) in [5.74, 6) is 0.116. The van der Waals surface area contributed by atoms with Gasteiger partial charge in [-0.05, 0) is 17.7 Å². The first kappa shape index (κ1) is 10.2. The van der Waals surface area contributed by atoms with E-state index in [2.05, 4.69) is 10.2 Å². The highest BCUT2D eigenvalue weighted by Gasteiger charge is 2.11. The molecule has 0 aliphatic heterocycles. The number of aromatic nitrogens is 2. The molecule has 1 heterocycles. The summed E-state index contributed by atoms with van der Waals surface area (Å²) in [6.07, 6.45) is 3.91. The van der Waals surface area contributed by atoms with Crippen molar-refractivity contribution in [3.8, 4) is 22.6 Å². The van der Waals surface area contributed by atoms with Gasteiger partial charge in [-0.3, -0.25) is 9.89 Å². The minimum absolute atomic E-state index is 0.148. The van der Waals surface area contributed by atoms with E-state index < -0.39 is 0 Å². The highest BCUT2D eigenvalue weighted by Crippen LogP contribution is 2.34. The van der Waals surface area contributed by atoms with Crippen molar-refractivity contribution in [1.82, 2.24) is 10.2 Å². The van der Waals surface area contributed by atoms with Gasteiger partial charge in [0.05, 0.1) is 18.9 Å². The number of methoxy groups -OCH3 is 1. The number of rotatable bonds is 3. The van der Waals surface area contributed by atoms with Crippen LogP contribution in [0.3, 0.4) is 0 Å². The molecule has 0 saturated heterocycles. The Morgan fingerprint density at radius 2 is 2.25 bits per heavy atom. The van der Waals surface area contributed by atoms with Gasteiger partial charge in [0.2, 0.25) is 0 Å². The molecule has 2 N–H and O–H groups in total. The average molecular weight is 218 g/mol. The van der Waals surface area contributed by atoms with Gasteiger partial charge in [-0.25, -0.2) is 0 Å². The number of benzene rings is 1. The highest BCUT2D eigenvalue weighted by molar-refractivity contribution is 5.84. The fraction of sp³-hybridized carbons (Fsp3) is 0.0909. The molecule has 5 heteroatoms. The Bertz CT molecular complexity index is 506. The number of H-pyrrole nitrogens is 1. The minimum Gasteiger partial charge on any atom is -0.504 e. The molecule has 0 bridgehead atoms. The predicted molar refractivity (Wildman–Crippen MR) is 57.6 cm³/mol. The normalized spacial score (nSPS) is 10.1. The maximum atomic E-state index is 10.8. The fourth-order valence-electron chi connectivity index (χ4n) is 1.45. The second-order valence-corrected chi connectivity index (χ2v) is 3.22. The maximum Gasteiger partial charge on any atom is 0.168 e. The Hall–Kier alpha value is -2.30. The lowest BCUT2D eigenvalue weighted by molar-refractivity contribution is 0.112. The van der Waals surface area contributed by atoms with E-state index in [1.54, 1.807) is 24.5 Å². The van der Waals surface area contributed by atoms with E-state index in [-0.39, 0.29) is 17.1 Å². The van der Waals surface area contributed by atoms with E-state index in [0.717, 1.165) is 11.1 Å². The first-order valence-electron chi connectivity index (χ1n) is 4.61. The van der Waals surface area contributed by atoms with Crippen molar-refractivity contribution in [2.24, 2.45) is 0 Å². The summed E-state index contributed by atoms with van der Waals surface area (Å²) >= 11 is 0. The van der Waals surface area contributed by atoms with Crippen molar-refractivity contribution in [1.29, 1.82) is 0 Å². The number of hydrogen-bond acceptors (Lipinski definition) is 4. The summed E-state index contributed by atoms with van der Waals surface area (Å²) < 4.78 is 4.99. The fourth-order valence-corrected chi connectivity index (χ4v) is 1.45. The van der Waals surface area contributed by atoms with Crippen LogP contribution in [0.5, 0.6) is 11.5 Å². The van der Waals surface area contributed by atoms with E-state index in [1.807, 2.05) is 0 Å². The van der Waals surface area contributed by atoms with Gasteiger partial charge in [-0.15, -0.1) is 0 Å². The summed E-state index contributed by atoms with van der Waals surface area (Å²) in [5, 5.41) is 16.1. The van der Waals surface area contributed by atoms with Crippen molar-refractivity contribution in [3.63, 3.8) is 0 Å². The Morgan fingerprint density at radius 1 is 1.44 bits per heavy atom. The average Bonchev–Trinajstić information content (AvgIpc) is 2.83. The zero-order chi connectivity index (χ0) is 11.5. The van der Waals surface area contributed by atoms with Gasteiger partial charge in [0, 0.05) is 11.8 Å². The van der Waals surface area contributed by atoms with Gasteiger partial charge in [0.1, 0.15) is 0 Å². The number of nitrogens with zero attached hydrogens (tertiary/aromatic N) is 1. The van der Waals surface area contributed by atoms with Crippen LogP contribution in [0.2, 0.25) is 0 Å². The number of phenolic OH excluding ortho intramolecular Hbond substituents is 1. The molecule has 1 aromatic carbocycles. The molecule has 82 valence electrons. The highest BCUT2D eigenvalue weighted by atomic mass is 16.5. The molecule has 2 aromatic rings. The largest absolute Gasteiger partial charge is 0.504 e. The number of aldehydes is 1. The third-order valence-electron chi connectivity index (χ3n) is 2.28. The summed E-state index contributed by atoms with van der Waals surface area (Å²) in [4.78, 5) is 10.8. The Morgan fingerprint density at radius 3 is 2.81 bits per heavy atom. The molecular formula is C11H10N2O3. The number of carbonyl (C=O) groups is 1. The first-order valence-corrected chi connectivity index (χ1v) is 4.61. The maximum absolute atomic E-state index is 10.8. The van der Waals surface area contributed by atoms with Crippen LogP contribution in [0, 0.1) is 0 Å². The standard InChI is InChI=1S/C11H10N2O3/c1-16-10-3-7(9-4-12-13-5-9)2-8(6-14)11(10)15/h2-6,15H,1H3,(H,12,13). The van der Waals surface area contributed by atoms with Gasteiger partial charge in [0.15, 0.2) is 17.8 Å². The first-order chi connectivity index (χ1) is 7.76. The van der Waals surface area contributed by atoms with Gasteiger partial charge in [-0.2, -0.15) is 5.10 Å². The van der Waals surface area contributed by atoms with Gasteiger partial charge < -0.3 is 9.84 Å². The summed E-state index contributed by atoms with van der Waals surface area (Å²) in [6.45, 7) is 0. The third-order valence-corrected chi connectivity index (χ3v) is 2.28. The molecule has 0 aliphatic rings. The molecule has 0 unspecified atom stereocenters. The van der Waals surface area contributed by atoms with Gasteiger partial charge in [-0.1, -0.05) is 0 Å². The van der Waals surface area contributed by atoms with Crippen molar-refractivity contribution >= 4 is 6.29 Å². The number of aromatic hydroxyl groups is 1. The molecule has 1 aromatic heterocycles. The Labute approximate surface area is 91.7 Å². The molecule has 5 nitrogen and oxygen atoms in total. The van der Waals surface area contributed by atoms with Gasteiger partial charge >= 0.3 is 0 Å². The third kappa shape index (κ3) is 1.63.